The molecule has 4 aliphatic rings. The Hall–Kier alpha value is -2.42. The molecule has 0 saturated heterocycles. The maximum atomic E-state index is 4.89. The van der Waals surface area contributed by atoms with Gasteiger partial charge in [0, 0.05) is 11.0 Å². The highest BCUT2D eigenvalue weighted by Crippen LogP contribution is 2.60. The standard InChI is InChI=1S/C25H27N3/c1-3-7-18(8-4-1)17-28-23(22-9-5-2-6-10-22)26-27-24(28)25-14-19-11-20(15-25)13-21(12-19)16-25/h1-10,19-21H,11-17H2. The summed E-state index contributed by atoms with van der Waals surface area (Å²) in [6.45, 7) is 0.856. The van der Waals surface area contributed by atoms with Crippen LogP contribution in [-0.4, -0.2) is 14.8 Å². The number of hydrogen-bond acceptors (Lipinski definition) is 2. The van der Waals surface area contributed by atoms with E-state index in [9.17, 15) is 0 Å². The molecule has 0 atom stereocenters. The lowest BCUT2D eigenvalue weighted by molar-refractivity contribution is -0.0109. The molecule has 142 valence electrons. The van der Waals surface area contributed by atoms with Gasteiger partial charge in [-0.1, -0.05) is 60.7 Å². The summed E-state index contributed by atoms with van der Waals surface area (Å²) in [6.07, 6.45) is 8.33. The second-order valence-corrected chi connectivity index (χ2v) is 9.48. The number of nitrogens with zero attached hydrogens (tertiary/aromatic N) is 3. The molecule has 3 nitrogen and oxygen atoms in total. The third-order valence-electron chi connectivity index (χ3n) is 7.48. The molecule has 4 bridgehead atoms. The summed E-state index contributed by atoms with van der Waals surface area (Å²) >= 11 is 0. The zero-order chi connectivity index (χ0) is 18.6. The molecule has 3 heteroatoms. The Balaban J connectivity index is 1.48. The summed E-state index contributed by atoms with van der Waals surface area (Å²) in [4.78, 5) is 0. The first-order valence-corrected chi connectivity index (χ1v) is 10.8. The fraction of sp³-hybridized carbons (Fsp3) is 0.440. The molecule has 7 rings (SSSR count). The highest BCUT2D eigenvalue weighted by atomic mass is 15.3. The van der Waals surface area contributed by atoms with Gasteiger partial charge in [-0.25, -0.2) is 0 Å². The molecular formula is C25H27N3. The van der Waals surface area contributed by atoms with Gasteiger partial charge in [0.15, 0.2) is 5.82 Å². The van der Waals surface area contributed by atoms with E-state index in [-0.39, 0.29) is 5.41 Å². The summed E-state index contributed by atoms with van der Waals surface area (Å²) in [7, 11) is 0. The van der Waals surface area contributed by atoms with Crippen LogP contribution in [0.2, 0.25) is 0 Å². The van der Waals surface area contributed by atoms with E-state index in [4.69, 9.17) is 10.2 Å². The van der Waals surface area contributed by atoms with Crippen molar-refractivity contribution >= 4 is 0 Å². The first-order chi connectivity index (χ1) is 13.8. The maximum absolute atomic E-state index is 4.89. The quantitative estimate of drug-likeness (QED) is 0.611. The fourth-order valence-electron chi connectivity index (χ4n) is 6.80. The van der Waals surface area contributed by atoms with Crippen molar-refractivity contribution in [1.82, 2.24) is 14.8 Å². The van der Waals surface area contributed by atoms with E-state index in [1.807, 2.05) is 0 Å². The zero-order valence-corrected chi connectivity index (χ0v) is 16.3. The van der Waals surface area contributed by atoms with Crippen LogP contribution in [0.3, 0.4) is 0 Å². The normalized spacial score (nSPS) is 30.6. The van der Waals surface area contributed by atoms with Gasteiger partial charge in [0.2, 0.25) is 0 Å². The van der Waals surface area contributed by atoms with Crippen LogP contribution >= 0.6 is 0 Å². The summed E-state index contributed by atoms with van der Waals surface area (Å²) in [6, 6.07) is 21.4. The summed E-state index contributed by atoms with van der Waals surface area (Å²) < 4.78 is 2.44. The van der Waals surface area contributed by atoms with Crippen LogP contribution in [-0.2, 0) is 12.0 Å². The lowest BCUT2D eigenvalue weighted by Gasteiger charge is -2.56. The molecule has 1 aromatic heterocycles. The van der Waals surface area contributed by atoms with Crippen LogP contribution in [0.5, 0.6) is 0 Å². The van der Waals surface area contributed by atoms with Crippen molar-refractivity contribution in [2.75, 3.05) is 0 Å². The van der Waals surface area contributed by atoms with Crippen molar-refractivity contribution in [2.24, 2.45) is 17.8 Å². The van der Waals surface area contributed by atoms with E-state index in [0.717, 1.165) is 30.1 Å². The topological polar surface area (TPSA) is 30.7 Å². The van der Waals surface area contributed by atoms with Crippen molar-refractivity contribution in [1.29, 1.82) is 0 Å². The van der Waals surface area contributed by atoms with Gasteiger partial charge in [-0.3, -0.25) is 0 Å². The third-order valence-corrected chi connectivity index (χ3v) is 7.48. The Bertz CT molecular complexity index is 938. The van der Waals surface area contributed by atoms with E-state index in [2.05, 4.69) is 65.2 Å². The highest BCUT2D eigenvalue weighted by Gasteiger charge is 2.54. The van der Waals surface area contributed by atoms with Crippen LogP contribution in [0.25, 0.3) is 11.4 Å². The lowest BCUT2D eigenvalue weighted by atomic mass is 9.49. The molecule has 28 heavy (non-hydrogen) atoms. The Morgan fingerprint density at radius 2 is 1.32 bits per heavy atom. The van der Waals surface area contributed by atoms with Crippen molar-refractivity contribution in [2.45, 2.75) is 50.5 Å². The van der Waals surface area contributed by atoms with E-state index in [0.29, 0.717) is 0 Å². The minimum Gasteiger partial charge on any atom is -0.306 e. The first-order valence-electron chi connectivity index (χ1n) is 10.8. The molecule has 4 fully saturated rings. The average Bonchev–Trinajstić information content (AvgIpc) is 3.13. The average molecular weight is 370 g/mol. The SMILES string of the molecule is c1ccc(Cn2c(-c3ccccc3)nnc2C23CC4CC(CC(C4)C2)C3)cc1. The van der Waals surface area contributed by atoms with Gasteiger partial charge in [0.25, 0.3) is 0 Å². The number of hydrogen-bond donors (Lipinski definition) is 0. The number of benzene rings is 2. The minimum atomic E-state index is 0.254. The molecule has 2 aromatic carbocycles. The molecule has 0 radical (unpaired) electrons. The molecule has 0 aliphatic heterocycles. The van der Waals surface area contributed by atoms with E-state index in [1.165, 1.54) is 55.5 Å². The monoisotopic (exact) mass is 369 g/mol. The van der Waals surface area contributed by atoms with Gasteiger partial charge in [-0.2, -0.15) is 0 Å². The Morgan fingerprint density at radius 1 is 0.750 bits per heavy atom. The van der Waals surface area contributed by atoms with Crippen molar-refractivity contribution in [3.05, 3.63) is 72.1 Å². The first kappa shape index (κ1) is 16.5. The van der Waals surface area contributed by atoms with E-state index >= 15 is 0 Å². The van der Waals surface area contributed by atoms with Crippen LogP contribution in [0.1, 0.15) is 49.9 Å². The molecule has 0 unspecified atom stereocenters. The van der Waals surface area contributed by atoms with Crippen molar-refractivity contribution in [3.63, 3.8) is 0 Å². The Morgan fingerprint density at radius 3 is 1.93 bits per heavy atom. The summed E-state index contributed by atoms with van der Waals surface area (Å²) in [5.74, 6) is 5.01. The van der Waals surface area contributed by atoms with Crippen LogP contribution in [0.4, 0.5) is 0 Å². The second kappa shape index (κ2) is 6.30. The molecule has 1 heterocycles. The molecular weight excluding hydrogens is 342 g/mol. The Kier molecular flexibility index (Phi) is 3.72. The lowest BCUT2D eigenvalue weighted by Crippen LogP contribution is -2.49. The number of aromatic nitrogens is 3. The van der Waals surface area contributed by atoms with Crippen molar-refractivity contribution in [3.8, 4) is 11.4 Å². The van der Waals surface area contributed by atoms with Gasteiger partial charge >= 0.3 is 0 Å². The van der Waals surface area contributed by atoms with Crippen LogP contribution < -0.4 is 0 Å². The minimum absolute atomic E-state index is 0.254. The number of rotatable bonds is 4. The largest absolute Gasteiger partial charge is 0.306 e. The molecule has 0 amide bonds. The molecule has 0 N–H and O–H groups in total. The van der Waals surface area contributed by atoms with E-state index in [1.54, 1.807) is 0 Å². The van der Waals surface area contributed by atoms with Gasteiger partial charge in [0.05, 0.1) is 6.54 Å². The molecule has 4 saturated carbocycles. The van der Waals surface area contributed by atoms with Gasteiger partial charge in [0.1, 0.15) is 5.82 Å². The van der Waals surface area contributed by atoms with Crippen molar-refractivity contribution < 1.29 is 0 Å². The zero-order valence-electron chi connectivity index (χ0n) is 16.3. The summed E-state index contributed by atoms with van der Waals surface area (Å²) in [5, 5.41) is 9.64. The summed E-state index contributed by atoms with van der Waals surface area (Å²) in [5.41, 5.74) is 2.75. The maximum Gasteiger partial charge on any atom is 0.164 e. The van der Waals surface area contributed by atoms with Gasteiger partial charge in [-0.05, 0) is 61.8 Å². The smallest absolute Gasteiger partial charge is 0.164 e. The predicted molar refractivity (Wildman–Crippen MR) is 111 cm³/mol. The molecule has 0 spiro atoms. The Labute approximate surface area is 166 Å². The second-order valence-electron chi connectivity index (χ2n) is 9.48. The van der Waals surface area contributed by atoms with Gasteiger partial charge < -0.3 is 4.57 Å². The molecule has 4 aliphatic carbocycles. The third kappa shape index (κ3) is 2.63. The fourth-order valence-corrected chi connectivity index (χ4v) is 6.80. The predicted octanol–water partition coefficient (Wildman–Crippen LogP) is 5.46. The highest BCUT2D eigenvalue weighted by molar-refractivity contribution is 5.55. The van der Waals surface area contributed by atoms with Gasteiger partial charge in [-0.15, -0.1) is 10.2 Å². The van der Waals surface area contributed by atoms with Crippen LogP contribution in [0.15, 0.2) is 60.7 Å². The van der Waals surface area contributed by atoms with Crippen LogP contribution in [0, 0.1) is 17.8 Å². The van der Waals surface area contributed by atoms with E-state index < -0.39 is 0 Å². The molecule has 3 aromatic rings.